The summed E-state index contributed by atoms with van der Waals surface area (Å²) in [4.78, 5) is 78.8. The molecule has 6 amide bonds. The summed E-state index contributed by atoms with van der Waals surface area (Å²) in [5, 5.41) is 16.3. The number of hydrogen-bond acceptors (Lipinski definition) is 15. The number of benzene rings is 2. The summed E-state index contributed by atoms with van der Waals surface area (Å²) in [5.41, 5.74) is 7.48. The fourth-order valence-corrected chi connectivity index (χ4v) is 9.45. The van der Waals surface area contributed by atoms with Crippen LogP contribution in [0.5, 0.6) is 11.5 Å². The number of anilines is 5. The second-order valence-corrected chi connectivity index (χ2v) is 17.0. The van der Waals surface area contributed by atoms with E-state index in [1.807, 2.05) is 20.8 Å². The molecule has 5 saturated heterocycles. The molecule has 5 N–H and O–H groups in total. The van der Waals surface area contributed by atoms with Crippen LogP contribution in [0.25, 0.3) is 0 Å². The second kappa shape index (κ2) is 17.7. The Morgan fingerprint density at radius 2 is 1.63 bits per heavy atom. The van der Waals surface area contributed by atoms with E-state index in [-0.39, 0.29) is 54.7 Å². The number of ether oxygens (including phenoxy) is 2. The molecule has 2 aromatic carbocycles. The number of likely N-dealkylation sites (N-methyl/N-ethyl adjacent to an activating group) is 1. The lowest BCUT2D eigenvalue weighted by Crippen LogP contribution is -2.52. The first kappa shape index (κ1) is 41.8. The van der Waals surface area contributed by atoms with Gasteiger partial charge in [0.15, 0.2) is 23.0 Å². The number of amides is 6. The van der Waals surface area contributed by atoms with Gasteiger partial charge in [-0.3, -0.25) is 29.4 Å². The van der Waals surface area contributed by atoms with Crippen LogP contribution in [0.15, 0.2) is 30.3 Å². The second-order valence-electron chi connectivity index (χ2n) is 17.0. The Labute approximate surface area is 363 Å². The summed E-state index contributed by atoms with van der Waals surface area (Å²) in [7, 11) is 1.80. The predicted octanol–water partition coefficient (Wildman–Crippen LogP) is 1.49. The molecule has 20 nitrogen and oxygen atoms in total. The zero-order valence-corrected chi connectivity index (χ0v) is 35.2. The number of rotatable bonds is 11. The third-order valence-corrected chi connectivity index (χ3v) is 13.0. The van der Waals surface area contributed by atoms with Crippen LogP contribution in [0.4, 0.5) is 38.0 Å². The molecular formula is C42H52FN13O7. The van der Waals surface area contributed by atoms with Crippen molar-refractivity contribution in [3.63, 3.8) is 0 Å². The number of aromatic nitrogens is 3. The van der Waals surface area contributed by atoms with Gasteiger partial charge in [0.1, 0.15) is 11.9 Å². The molecule has 7 heterocycles. The van der Waals surface area contributed by atoms with Crippen molar-refractivity contribution < 1.29 is 37.8 Å². The lowest BCUT2D eigenvalue weighted by atomic mass is 9.95. The van der Waals surface area contributed by atoms with E-state index in [0.29, 0.717) is 74.0 Å². The number of carbonyl (C=O) groups is 5. The molecule has 1 aromatic heterocycles. The van der Waals surface area contributed by atoms with E-state index < -0.39 is 29.6 Å². The molecule has 334 valence electrons. The zero-order chi connectivity index (χ0) is 43.8. The van der Waals surface area contributed by atoms with Crippen LogP contribution in [0, 0.1) is 11.7 Å². The minimum absolute atomic E-state index is 0.000935. The highest BCUT2D eigenvalue weighted by Crippen LogP contribution is 2.45. The number of urea groups is 1. The van der Waals surface area contributed by atoms with Crippen molar-refractivity contribution >= 4 is 58.5 Å². The molecule has 0 bridgehead atoms. The molecule has 9 rings (SSSR count). The maximum absolute atomic E-state index is 15.8. The summed E-state index contributed by atoms with van der Waals surface area (Å²) < 4.78 is 27.4. The van der Waals surface area contributed by atoms with Crippen molar-refractivity contribution in [2.24, 2.45) is 11.7 Å². The van der Waals surface area contributed by atoms with Crippen molar-refractivity contribution in [3.05, 3.63) is 47.4 Å². The molecule has 21 heteroatoms. The maximum Gasteiger partial charge on any atom is 0.320 e. The van der Waals surface area contributed by atoms with Gasteiger partial charge in [-0.15, -0.1) is 10.2 Å². The molecule has 3 aromatic rings. The molecule has 2 atom stereocenters. The largest absolute Gasteiger partial charge is 0.453 e. The van der Waals surface area contributed by atoms with Crippen LogP contribution in [0.3, 0.4) is 0 Å². The Hall–Kier alpha value is -6.51. The fraction of sp³-hybridized carbons (Fsp3) is 0.524. The molecule has 1 unspecified atom stereocenters. The Bertz CT molecular complexity index is 2290. The van der Waals surface area contributed by atoms with Crippen LogP contribution in [-0.4, -0.2) is 157 Å². The zero-order valence-electron chi connectivity index (χ0n) is 35.2. The lowest BCUT2D eigenvalue weighted by Gasteiger charge is -2.40. The topological polar surface area (TPSA) is 224 Å². The molecule has 6 aliphatic rings. The minimum atomic E-state index is -0.817. The van der Waals surface area contributed by atoms with Crippen molar-refractivity contribution in [2.75, 3.05) is 106 Å². The van der Waals surface area contributed by atoms with Crippen molar-refractivity contribution in [1.29, 1.82) is 0 Å². The van der Waals surface area contributed by atoms with E-state index >= 15 is 4.39 Å². The van der Waals surface area contributed by atoms with Gasteiger partial charge < -0.3 is 50.3 Å². The van der Waals surface area contributed by atoms with Crippen LogP contribution in [-0.2, 0) is 9.59 Å². The number of fused-ring (bicyclic) bond motifs is 1. The smallest absolute Gasteiger partial charge is 0.320 e. The minimum Gasteiger partial charge on any atom is -0.453 e. The third-order valence-electron chi connectivity index (χ3n) is 13.0. The van der Waals surface area contributed by atoms with Gasteiger partial charge in [-0.2, -0.15) is 4.98 Å². The van der Waals surface area contributed by atoms with E-state index in [1.165, 1.54) is 6.07 Å². The number of primary amides is 1. The van der Waals surface area contributed by atoms with E-state index in [4.69, 9.17) is 15.2 Å². The van der Waals surface area contributed by atoms with E-state index in [2.05, 4.69) is 40.9 Å². The average molecular weight is 870 g/mol. The number of nitrogens with zero attached hydrogens (tertiary/aromatic N) is 9. The number of hydrogen-bond donors (Lipinski definition) is 4. The molecule has 0 radical (unpaired) electrons. The summed E-state index contributed by atoms with van der Waals surface area (Å²) in [6.45, 7) is 7.97. The third kappa shape index (κ3) is 8.78. The molecule has 0 spiro atoms. The van der Waals surface area contributed by atoms with Gasteiger partial charge in [0.25, 0.3) is 11.8 Å². The molecule has 0 saturated carbocycles. The predicted molar refractivity (Wildman–Crippen MR) is 228 cm³/mol. The monoisotopic (exact) mass is 869 g/mol. The van der Waals surface area contributed by atoms with Crippen molar-refractivity contribution in [2.45, 2.75) is 50.6 Å². The fourth-order valence-electron chi connectivity index (χ4n) is 9.45. The van der Waals surface area contributed by atoms with Crippen LogP contribution in [0.1, 0.15) is 59.4 Å². The highest BCUT2D eigenvalue weighted by molar-refractivity contribution is 6.05. The molecule has 5 fully saturated rings. The highest BCUT2D eigenvalue weighted by Gasteiger charge is 2.36. The Balaban J connectivity index is 0.766. The first-order valence-electron chi connectivity index (χ1n) is 21.7. The first-order chi connectivity index (χ1) is 30.5. The summed E-state index contributed by atoms with van der Waals surface area (Å²) in [6, 6.07) is 7.61. The van der Waals surface area contributed by atoms with Gasteiger partial charge in [-0.25, -0.2) is 9.18 Å². The van der Waals surface area contributed by atoms with Gasteiger partial charge in [0, 0.05) is 91.1 Å². The Morgan fingerprint density at radius 3 is 2.37 bits per heavy atom. The Morgan fingerprint density at radius 1 is 0.873 bits per heavy atom. The summed E-state index contributed by atoms with van der Waals surface area (Å²) >= 11 is 0. The average Bonchev–Trinajstić information content (AvgIpc) is 3.91. The standard InChI is InChI=1S/C42H52FN13O7/c1-51-15-20-56(42(51)61)27-3-2-12-55(23-27)41-48-38(34(37(44)58)49-50-41)45-26-4-7-31(29(43)21-26)54-18-16-52(17-19-54)22-25-10-13-53(14-11-25)32-8-5-28(35-36(32)63-24-62-35)39(59)46-30-6-9-33(57)47-40(30)60/h4-5,7-8,21,25,27,30H,2-3,6,9-20,22-24H2,1H3,(H2,44,58)(H,46,59)(H,45,48,50)(H,47,57,60)/t27-,30?/m1/s1. The SMILES string of the molecule is CN1CCN([C@@H]2CCCN(c3nnc(C(N)=O)c(Nc4ccc(N5CCN(CC6CCN(c7ccc(C(=O)NC8CCC(=O)NC8=O)c8c7OCO8)CC6)CC5)c(F)c4)n3)C2)C1=O. The normalized spacial score (nSPS) is 22.1. The molecule has 6 aliphatic heterocycles. The van der Waals surface area contributed by atoms with E-state index in [9.17, 15) is 24.0 Å². The van der Waals surface area contributed by atoms with Gasteiger partial charge >= 0.3 is 6.03 Å². The number of piperidine rings is 3. The number of nitrogens with one attached hydrogen (secondary N) is 3. The molecule has 63 heavy (non-hydrogen) atoms. The van der Waals surface area contributed by atoms with Gasteiger partial charge in [0.2, 0.25) is 24.6 Å². The quantitative estimate of drug-likeness (QED) is 0.201. The number of halogens is 1. The number of imide groups is 1. The van der Waals surface area contributed by atoms with Crippen molar-refractivity contribution in [3.8, 4) is 11.5 Å². The maximum atomic E-state index is 15.8. The number of carbonyl (C=O) groups excluding carboxylic acids is 5. The lowest BCUT2D eigenvalue weighted by molar-refractivity contribution is -0.134. The Kier molecular flexibility index (Phi) is 11.7. The van der Waals surface area contributed by atoms with Crippen LogP contribution < -0.4 is 45.9 Å². The number of nitrogens with two attached hydrogens (primary N) is 1. The summed E-state index contributed by atoms with van der Waals surface area (Å²) in [5.74, 6) is -0.844. The van der Waals surface area contributed by atoms with Crippen LogP contribution >= 0.6 is 0 Å². The highest BCUT2D eigenvalue weighted by atomic mass is 19.1. The van der Waals surface area contributed by atoms with E-state index in [0.717, 1.165) is 64.1 Å². The first-order valence-corrected chi connectivity index (χ1v) is 21.7. The van der Waals surface area contributed by atoms with E-state index in [1.54, 1.807) is 30.1 Å². The van der Waals surface area contributed by atoms with Gasteiger partial charge in [-0.05, 0) is 68.4 Å². The summed E-state index contributed by atoms with van der Waals surface area (Å²) in [6.07, 6.45) is 4.02. The van der Waals surface area contributed by atoms with Crippen LogP contribution in [0.2, 0.25) is 0 Å². The van der Waals surface area contributed by atoms with Crippen molar-refractivity contribution in [1.82, 2.24) is 40.5 Å². The van der Waals surface area contributed by atoms with Gasteiger partial charge in [0.05, 0.1) is 23.0 Å². The molecular weight excluding hydrogens is 818 g/mol. The molecule has 0 aliphatic carbocycles. The van der Waals surface area contributed by atoms with Gasteiger partial charge in [-0.1, -0.05) is 0 Å². The number of piperazine rings is 1.